The maximum atomic E-state index is 8.42. The molecule has 0 aliphatic carbocycles. The standard InChI is InChI=1S/12BO3.K.H/c12*2-1(3)4;;/q12*-3;;/p+12. The maximum absolute atomic E-state index is 8.42. The first-order chi connectivity index (χ1) is 20.8. The largest absolute Gasteiger partial charge is 0.907 e. The van der Waals surface area contributed by atoms with E-state index in [-0.39, 0.29) is 68.5 Å². The Morgan fingerprint density at radius 1 is 0.122 bits per heavy atom. The molecule has 0 rings (SSSR count). The van der Waals surface area contributed by atoms with Gasteiger partial charge in [0, 0.05) is 0 Å². The monoisotopic (exact) mass is 760 g/mol. The first kappa shape index (κ1) is 87.7. The Labute approximate surface area is 336 Å². The molecule has 0 amide bonds. The zero-order valence-corrected chi connectivity index (χ0v) is 21.6. The van der Waals surface area contributed by atoms with E-state index in [1.807, 2.05) is 0 Å². The smallest absolute Gasteiger partial charge is 0.278 e. The Balaban J connectivity index is -0.00000000989. The van der Waals surface area contributed by atoms with Gasteiger partial charge >= 0.3 is 68.5 Å². The molecule has 0 unspecified atom stereocenters. The van der Waals surface area contributed by atoms with Crippen molar-refractivity contribution in [1.29, 1.82) is 0 Å². The molecule has 36 nitrogen and oxygen atoms in total. The molecule has 290 valence electrons. The molecule has 0 radical (unpaired) electrons. The zero-order valence-electron chi connectivity index (χ0n) is 33.6. The Hall–Kier alpha value is 0.976. The predicted molar refractivity (Wildman–Crippen MR) is 89.5 cm³/mol. The van der Waals surface area contributed by atoms with Crippen molar-refractivity contribution in [3.05, 3.63) is 0 Å². The van der Waals surface area contributed by atoms with Crippen LogP contribution < -0.4 is 181 Å². The molecule has 0 heterocycles. The second-order valence-corrected chi connectivity index (χ2v) is 3.46. The van der Waals surface area contributed by atoms with E-state index in [4.69, 9.17) is 181 Å². The van der Waals surface area contributed by atoms with Crippen molar-refractivity contribution in [2.75, 3.05) is 0 Å². The van der Waals surface area contributed by atoms with Gasteiger partial charge in [-0.25, -0.2) is 0 Å². The van der Waals surface area contributed by atoms with Crippen molar-refractivity contribution in [2.45, 2.75) is 0 Å². The molecule has 49 heteroatoms. The summed E-state index contributed by atoms with van der Waals surface area (Å²) in [7, 11) is -35.0. The molecule has 49 heavy (non-hydrogen) atoms. The van der Waals surface area contributed by atoms with Crippen LogP contribution in [-0.4, -0.2) is 139 Å². The third-order valence-corrected chi connectivity index (χ3v) is 0. The van der Waals surface area contributed by atoms with Gasteiger partial charge in [0.25, 0.3) is 0 Å². The minimum atomic E-state index is -2.92. The number of hydrogen-bond acceptors (Lipinski definition) is 36. The fraction of sp³-hybridized carbons (Fsp3) is 0. The molecule has 0 N–H and O–H groups in total. The van der Waals surface area contributed by atoms with Crippen LogP contribution in [0.3, 0.4) is 0 Å². The van der Waals surface area contributed by atoms with Crippen molar-refractivity contribution < 1.29 is 198 Å². The van der Waals surface area contributed by atoms with Crippen molar-refractivity contribution >= 4 is 139 Å². The summed E-state index contributed by atoms with van der Waals surface area (Å²) >= 11 is 0. The topological polar surface area (TPSA) is 830 Å². The van der Waals surface area contributed by atoms with Crippen LogP contribution in [0.1, 0.15) is 17.1 Å². The average Bonchev–Trinajstić information content (AvgIpc) is 2.61. The summed E-state index contributed by atoms with van der Waals surface area (Å²) in [6.07, 6.45) is 0. The summed E-state index contributed by atoms with van der Waals surface area (Å²) in [5.41, 5.74) is 0. The minimum absolute atomic E-state index is 0. The van der Waals surface area contributed by atoms with Crippen LogP contribution in [-0.2, 0) is 0 Å². The fourth-order valence-electron chi connectivity index (χ4n) is 0. The Kier molecular flexibility index (Phi) is 148. The van der Waals surface area contributed by atoms with Crippen molar-refractivity contribution in [3.63, 3.8) is 0 Å². The summed E-state index contributed by atoms with van der Waals surface area (Å²) in [5, 5.41) is 303. The van der Waals surface area contributed by atoms with Crippen LogP contribution in [0.15, 0.2) is 0 Å². The van der Waals surface area contributed by atoms with Gasteiger partial charge in [-0.2, -0.15) is 0 Å². The molecule has 0 saturated carbocycles. The van der Waals surface area contributed by atoms with Crippen molar-refractivity contribution in [3.8, 4) is 0 Å². The van der Waals surface area contributed by atoms with Crippen LogP contribution in [0.4, 0.5) is 0 Å². The van der Waals surface area contributed by atoms with Crippen LogP contribution in [0.2, 0.25) is 0 Å². The summed E-state index contributed by atoms with van der Waals surface area (Å²) in [6, 6.07) is 0. The molecule has 0 atom stereocenters. The van der Waals surface area contributed by atoms with Gasteiger partial charge in [-0.05, 0) is 0 Å². The Morgan fingerprint density at radius 2 is 0.122 bits per heavy atom. The molecule has 0 fully saturated rings. The van der Waals surface area contributed by atoms with E-state index in [0.717, 1.165) is 0 Å². The summed E-state index contributed by atoms with van der Waals surface area (Å²) in [5.74, 6) is 0. The maximum Gasteiger partial charge on any atom is -0.278 e. The van der Waals surface area contributed by atoms with Crippen LogP contribution in [0.5, 0.6) is 0 Å². The number of hydrogen-bond donors (Lipinski definition) is 0. The number of rotatable bonds is 0. The molecule has 0 aliphatic heterocycles. The first-order valence-corrected chi connectivity index (χ1v) is 8.49. The summed E-state index contributed by atoms with van der Waals surface area (Å²) < 4.78 is 0. The quantitative estimate of drug-likeness (QED) is 0.207. The van der Waals surface area contributed by atoms with Crippen molar-refractivity contribution in [2.24, 2.45) is 0 Å². The molecule has 0 saturated heterocycles. The molecule has 0 aromatic heterocycles. The molecule has 0 aromatic carbocycles. The average molecular weight is 758 g/mol. The second-order valence-electron chi connectivity index (χ2n) is 3.46. The fourth-order valence-corrected chi connectivity index (χ4v) is 0. The van der Waals surface area contributed by atoms with Gasteiger partial charge in [-0.1, -0.05) is 0 Å². The van der Waals surface area contributed by atoms with Gasteiger partial charge in [0.05, 0.1) is 0 Å². The summed E-state index contributed by atoms with van der Waals surface area (Å²) in [6.45, 7) is 0. The van der Waals surface area contributed by atoms with E-state index in [9.17, 15) is 0 Å². The van der Waals surface area contributed by atoms with Crippen LogP contribution >= 0.6 is 0 Å². The van der Waals surface area contributed by atoms with E-state index >= 15 is 0 Å². The van der Waals surface area contributed by atoms with E-state index < -0.39 is 87.9 Å². The minimum Gasteiger partial charge on any atom is -0.907 e. The van der Waals surface area contributed by atoms with Gasteiger partial charge in [0.2, 0.25) is 0 Å². The van der Waals surface area contributed by atoms with E-state index in [1.54, 1.807) is 0 Å². The Bertz CT molecular complexity index is 276. The molecule has 0 aliphatic rings. The van der Waals surface area contributed by atoms with Gasteiger partial charge in [-0.15, -0.1) is 0 Å². The third kappa shape index (κ3) is 114000. The zero-order chi connectivity index (χ0) is 42.9. The molecular formula is H13B12KO36-24. The molecule has 0 bridgehead atoms. The van der Waals surface area contributed by atoms with Gasteiger partial charge in [0.1, 0.15) is 0 Å². The SMILES string of the molecule is [H+].[H+].[H+].[H+].[H+].[H+].[H+].[H+].[H+].[H+].[H+].[H+].[KH].[O-]B([O-])[O-].[O-]B([O-])[O-].[O-]B([O-])[O-].[O-]B([O-])[O-].[O-]B([O-])[O-].[O-]B([O-])[O-].[O-]B([O-])[O-].[O-]B([O-])[O-].[O-]B([O-])[O-].[O-]B([O-])[O-].[O-]B([O-])[O-].[O-]B([O-])[O-]. The van der Waals surface area contributed by atoms with E-state index in [2.05, 4.69) is 0 Å². The molecule has 0 spiro atoms. The van der Waals surface area contributed by atoms with Crippen LogP contribution in [0, 0.1) is 0 Å². The normalized spacial score (nSPS) is 6.61. The third-order valence-electron chi connectivity index (χ3n) is 0. The predicted octanol–water partition coefficient (Wildman–Crippen LogP) is -46.7. The molecule has 0 aromatic rings. The summed E-state index contributed by atoms with van der Waals surface area (Å²) in [4.78, 5) is 0. The van der Waals surface area contributed by atoms with Gasteiger partial charge < -0.3 is 181 Å². The second kappa shape index (κ2) is 82.4. The van der Waals surface area contributed by atoms with E-state index in [1.165, 1.54) is 0 Å². The van der Waals surface area contributed by atoms with Gasteiger partial charge in [-0.3, -0.25) is 87.9 Å². The first-order valence-electron chi connectivity index (χ1n) is 8.49. The van der Waals surface area contributed by atoms with Crippen LogP contribution in [0.25, 0.3) is 0 Å². The van der Waals surface area contributed by atoms with E-state index in [0.29, 0.717) is 0 Å². The molecular weight excluding hydrogens is 745 g/mol. The van der Waals surface area contributed by atoms with Crippen molar-refractivity contribution in [1.82, 2.24) is 0 Å². The Morgan fingerprint density at radius 3 is 0.122 bits per heavy atom. The van der Waals surface area contributed by atoms with Gasteiger partial charge in [0.15, 0.2) is 0 Å².